The molecule has 0 spiro atoms. The number of nitrogens with one attached hydrogen (secondary N) is 2. The lowest BCUT2D eigenvalue weighted by atomic mass is 9.83. The van der Waals surface area contributed by atoms with Gasteiger partial charge in [-0.3, -0.25) is 14.7 Å². The van der Waals surface area contributed by atoms with Crippen molar-refractivity contribution in [2.75, 3.05) is 5.32 Å². The monoisotopic (exact) mass is 336 g/mol. The van der Waals surface area contributed by atoms with Gasteiger partial charge in [-0.1, -0.05) is 24.3 Å². The molecule has 0 saturated heterocycles. The molecule has 0 radical (unpaired) electrons. The summed E-state index contributed by atoms with van der Waals surface area (Å²) in [5, 5.41) is 16.9. The molecule has 0 aliphatic carbocycles. The van der Waals surface area contributed by atoms with Gasteiger partial charge in [0, 0.05) is 4.88 Å². The van der Waals surface area contributed by atoms with Crippen LogP contribution in [-0.4, -0.2) is 15.7 Å². The first-order chi connectivity index (χ1) is 11.7. The molecular weight excluding hydrogens is 324 g/mol. The fraction of sp³-hybridized carbons (Fsp3) is 0.118. The molecule has 0 bridgehead atoms. The zero-order valence-electron chi connectivity index (χ0n) is 12.4. The molecule has 2 N–H and O–H groups in total. The van der Waals surface area contributed by atoms with Gasteiger partial charge in [-0.15, -0.1) is 11.3 Å². The third-order valence-corrected chi connectivity index (χ3v) is 5.06. The van der Waals surface area contributed by atoms with Crippen LogP contribution >= 0.6 is 11.3 Å². The van der Waals surface area contributed by atoms with Gasteiger partial charge in [0.1, 0.15) is 11.7 Å². The average molecular weight is 336 g/mol. The van der Waals surface area contributed by atoms with Gasteiger partial charge in [0.2, 0.25) is 5.91 Å². The van der Waals surface area contributed by atoms with Crippen LogP contribution in [0, 0.1) is 17.2 Å². The third kappa shape index (κ3) is 2.08. The molecule has 7 heteroatoms. The predicted molar refractivity (Wildman–Crippen MR) is 90.3 cm³/mol. The van der Waals surface area contributed by atoms with Crippen LogP contribution in [0.15, 0.2) is 52.6 Å². The minimum Gasteiger partial charge on any atom is -0.310 e. The van der Waals surface area contributed by atoms with Crippen molar-refractivity contribution in [1.82, 2.24) is 9.78 Å². The van der Waals surface area contributed by atoms with E-state index in [1.54, 1.807) is 12.1 Å². The largest absolute Gasteiger partial charge is 0.310 e. The van der Waals surface area contributed by atoms with Crippen LogP contribution in [0.5, 0.6) is 0 Å². The Balaban J connectivity index is 1.95. The number of nitriles is 1. The normalized spacial score (nSPS) is 19.4. The van der Waals surface area contributed by atoms with Crippen molar-refractivity contribution < 1.29 is 4.79 Å². The van der Waals surface area contributed by atoms with E-state index in [0.29, 0.717) is 17.1 Å². The maximum absolute atomic E-state index is 13.0. The maximum Gasteiger partial charge on any atom is 0.277 e. The summed E-state index contributed by atoms with van der Waals surface area (Å²) in [6.45, 7) is 0. The molecule has 6 nitrogen and oxygen atoms in total. The molecule has 1 aromatic carbocycles. The number of carbonyl (C=O) groups is 1. The first-order valence-electron chi connectivity index (χ1n) is 7.35. The molecule has 0 saturated carbocycles. The molecular formula is C17H12N4O2S. The van der Waals surface area contributed by atoms with Crippen LogP contribution in [0.3, 0.4) is 0 Å². The number of rotatable bonds is 2. The van der Waals surface area contributed by atoms with Crippen LogP contribution in [0.1, 0.15) is 16.4 Å². The van der Waals surface area contributed by atoms with Crippen molar-refractivity contribution in [3.63, 3.8) is 0 Å². The molecule has 1 amide bonds. The minimum atomic E-state index is -0.927. The van der Waals surface area contributed by atoms with E-state index in [1.807, 2.05) is 41.8 Å². The molecule has 1 aliphatic heterocycles. The number of hydrogen-bond donors (Lipinski definition) is 2. The van der Waals surface area contributed by atoms with Gasteiger partial charge in [0.25, 0.3) is 5.56 Å². The van der Waals surface area contributed by atoms with Gasteiger partial charge < -0.3 is 5.32 Å². The lowest BCUT2D eigenvalue weighted by Crippen LogP contribution is -2.35. The zero-order chi connectivity index (χ0) is 16.7. The molecule has 3 aromatic rings. The fourth-order valence-corrected chi connectivity index (χ4v) is 3.89. The Hall–Kier alpha value is -3.11. The Morgan fingerprint density at radius 2 is 1.92 bits per heavy atom. The van der Waals surface area contributed by atoms with Gasteiger partial charge in [0.05, 0.1) is 23.2 Å². The number of benzene rings is 1. The number of para-hydroxylation sites is 1. The van der Waals surface area contributed by atoms with Crippen molar-refractivity contribution in [2.45, 2.75) is 5.92 Å². The first-order valence-corrected chi connectivity index (χ1v) is 8.23. The van der Waals surface area contributed by atoms with Crippen LogP contribution in [0.25, 0.3) is 5.69 Å². The molecule has 3 heterocycles. The first kappa shape index (κ1) is 14.5. The number of hydrogen-bond acceptors (Lipinski definition) is 4. The number of H-pyrrole nitrogens is 1. The summed E-state index contributed by atoms with van der Waals surface area (Å²) in [6, 6.07) is 14.9. The Morgan fingerprint density at radius 1 is 1.12 bits per heavy atom. The molecule has 4 rings (SSSR count). The van der Waals surface area contributed by atoms with Crippen molar-refractivity contribution in [1.29, 1.82) is 5.26 Å². The topological polar surface area (TPSA) is 90.7 Å². The van der Waals surface area contributed by atoms with Gasteiger partial charge in [-0.25, -0.2) is 4.68 Å². The number of thiophene rings is 1. The summed E-state index contributed by atoms with van der Waals surface area (Å²) in [5.41, 5.74) is 0.840. The lowest BCUT2D eigenvalue weighted by molar-refractivity contribution is -0.119. The van der Waals surface area contributed by atoms with Gasteiger partial charge >= 0.3 is 0 Å². The lowest BCUT2D eigenvalue weighted by Gasteiger charge is -2.24. The number of aromatic amines is 1. The van der Waals surface area contributed by atoms with E-state index in [2.05, 4.69) is 10.4 Å². The van der Waals surface area contributed by atoms with E-state index in [4.69, 9.17) is 0 Å². The minimum absolute atomic E-state index is 0.255. The quantitative estimate of drug-likeness (QED) is 0.753. The highest BCUT2D eigenvalue weighted by molar-refractivity contribution is 7.10. The van der Waals surface area contributed by atoms with E-state index >= 15 is 0 Å². The molecule has 1 aliphatic rings. The van der Waals surface area contributed by atoms with Gasteiger partial charge in [-0.05, 0) is 23.6 Å². The van der Waals surface area contributed by atoms with E-state index < -0.39 is 17.7 Å². The highest BCUT2D eigenvalue weighted by Gasteiger charge is 2.41. The fourth-order valence-electron chi connectivity index (χ4n) is 3.02. The number of aromatic nitrogens is 2. The van der Waals surface area contributed by atoms with Crippen molar-refractivity contribution in [2.24, 2.45) is 5.92 Å². The SMILES string of the molecule is N#C[C@H]1C(=O)Nc2[nH]n(-c3ccccc3)c(=O)c2[C@@H]1c1cccs1. The summed E-state index contributed by atoms with van der Waals surface area (Å²) >= 11 is 1.43. The van der Waals surface area contributed by atoms with Gasteiger partial charge in [-0.2, -0.15) is 5.26 Å². The Kier molecular flexibility index (Phi) is 3.32. The number of amides is 1. The maximum atomic E-state index is 13.0. The number of carbonyl (C=O) groups excluding carboxylic acids is 1. The molecule has 0 fully saturated rings. The Bertz CT molecular complexity index is 996. The van der Waals surface area contributed by atoms with E-state index in [9.17, 15) is 14.9 Å². The van der Waals surface area contributed by atoms with Crippen molar-refractivity contribution in [3.05, 3.63) is 68.6 Å². The van der Waals surface area contributed by atoms with E-state index in [0.717, 1.165) is 4.88 Å². The molecule has 24 heavy (non-hydrogen) atoms. The van der Waals surface area contributed by atoms with Gasteiger partial charge in [0.15, 0.2) is 0 Å². The Morgan fingerprint density at radius 3 is 2.58 bits per heavy atom. The second-order valence-corrected chi connectivity index (χ2v) is 6.44. The molecule has 2 atom stereocenters. The third-order valence-electron chi connectivity index (χ3n) is 4.10. The summed E-state index contributed by atoms with van der Waals surface area (Å²) in [6.07, 6.45) is 0. The van der Waals surface area contributed by atoms with Crippen LogP contribution in [0.4, 0.5) is 5.82 Å². The highest BCUT2D eigenvalue weighted by atomic mass is 32.1. The molecule has 2 aromatic heterocycles. The molecule has 0 unspecified atom stereocenters. The molecule has 118 valence electrons. The number of fused-ring (bicyclic) bond motifs is 1. The smallest absolute Gasteiger partial charge is 0.277 e. The second kappa shape index (κ2) is 5.51. The van der Waals surface area contributed by atoms with Crippen molar-refractivity contribution in [3.8, 4) is 11.8 Å². The van der Waals surface area contributed by atoms with Crippen LogP contribution < -0.4 is 10.9 Å². The van der Waals surface area contributed by atoms with E-state index in [1.165, 1.54) is 16.0 Å². The summed E-state index contributed by atoms with van der Waals surface area (Å²) in [4.78, 5) is 26.1. The van der Waals surface area contributed by atoms with E-state index in [-0.39, 0.29) is 5.56 Å². The second-order valence-electron chi connectivity index (χ2n) is 5.47. The average Bonchev–Trinajstić information content (AvgIpc) is 3.23. The Labute approximate surface area is 141 Å². The number of anilines is 1. The summed E-state index contributed by atoms with van der Waals surface area (Å²) < 4.78 is 1.39. The predicted octanol–water partition coefficient (Wildman–Crippen LogP) is 2.45. The zero-order valence-corrected chi connectivity index (χ0v) is 13.2. The highest BCUT2D eigenvalue weighted by Crippen LogP contribution is 2.39. The summed E-state index contributed by atoms with van der Waals surface area (Å²) in [7, 11) is 0. The summed E-state index contributed by atoms with van der Waals surface area (Å²) in [5.74, 6) is -1.53. The standard InChI is InChI=1S/C17H12N4O2S/c18-9-11-13(12-7-4-8-24-12)14-15(19-16(11)22)20-21(17(14)23)10-5-2-1-3-6-10/h1-8,11,13,20H,(H,19,22)/t11-,13+/m1/s1. The number of nitrogens with zero attached hydrogens (tertiary/aromatic N) is 2. The van der Waals surface area contributed by atoms with Crippen LogP contribution in [-0.2, 0) is 4.79 Å². The van der Waals surface area contributed by atoms with Crippen LogP contribution in [0.2, 0.25) is 0 Å². The van der Waals surface area contributed by atoms with Crippen molar-refractivity contribution >= 4 is 23.1 Å².